The molecule has 2 aromatic rings. The van der Waals surface area contributed by atoms with Gasteiger partial charge in [0, 0.05) is 18.7 Å². The number of hydrogen-bond donors (Lipinski definition) is 1. The van der Waals surface area contributed by atoms with Crippen LogP contribution in [0.2, 0.25) is 9.36 Å². The molecular weight excluding hydrogens is 473 g/mol. The first-order valence-electron chi connectivity index (χ1n) is 9.05. The van der Waals surface area contributed by atoms with E-state index in [-0.39, 0.29) is 31.5 Å². The zero-order valence-electron chi connectivity index (χ0n) is 15.6. The van der Waals surface area contributed by atoms with Gasteiger partial charge in [-0.15, -0.1) is 22.7 Å². The fraction of sp³-hybridized carbons (Fsp3) is 0.389. The number of rotatable bonds is 6. The zero-order valence-corrected chi connectivity index (χ0v) is 18.7. The monoisotopic (exact) mass is 489 g/mol. The molecule has 2 aliphatic heterocycles. The van der Waals surface area contributed by atoms with Crippen molar-refractivity contribution < 1.29 is 23.9 Å². The Hall–Kier alpha value is -1.85. The number of amides is 3. The predicted octanol–water partition coefficient (Wildman–Crippen LogP) is 3.23. The smallest absolute Gasteiger partial charge is 0.415 e. The van der Waals surface area contributed by atoms with Gasteiger partial charge in [-0.1, -0.05) is 23.2 Å². The summed E-state index contributed by atoms with van der Waals surface area (Å²) in [6.45, 7) is 1.86. The van der Waals surface area contributed by atoms with Gasteiger partial charge in [-0.25, -0.2) is 4.79 Å². The number of thiophene rings is 2. The highest BCUT2D eigenvalue weighted by Crippen LogP contribution is 2.39. The third kappa shape index (κ3) is 4.57. The fourth-order valence-corrected chi connectivity index (χ4v) is 5.43. The number of ether oxygens (including phenoxy) is 2. The van der Waals surface area contributed by atoms with E-state index >= 15 is 0 Å². The van der Waals surface area contributed by atoms with E-state index in [1.165, 1.54) is 27.6 Å². The Morgan fingerprint density at radius 3 is 2.87 bits per heavy atom. The van der Waals surface area contributed by atoms with E-state index in [2.05, 4.69) is 5.32 Å². The van der Waals surface area contributed by atoms with Crippen LogP contribution in [-0.4, -0.2) is 61.8 Å². The Labute approximate surface area is 190 Å². The van der Waals surface area contributed by atoms with E-state index in [9.17, 15) is 14.4 Å². The average Bonchev–Trinajstić information content (AvgIpc) is 3.41. The lowest BCUT2D eigenvalue weighted by Gasteiger charge is -2.26. The Balaban J connectivity index is 1.36. The number of nitrogens with zero attached hydrogens (tertiary/aromatic N) is 2. The van der Waals surface area contributed by atoms with Crippen LogP contribution in [0.25, 0.3) is 0 Å². The number of halogens is 2. The molecule has 2 fully saturated rings. The molecule has 0 spiro atoms. The number of nitrogens with one attached hydrogen (secondary N) is 1. The quantitative estimate of drug-likeness (QED) is 0.672. The van der Waals surface area contributed by atoms with E-state index in [1.54, 1.807) is 17.0 Å². The second kappa shape index (κ2) is 9.11. The highest BCUT2D eigenvalue weighted by molar-refractivity contribution is 7.18. The van der Waals surface area contributed by atoms with Crippen molar-refractivity contribution in [1.82, 2.24) is 10.2 Å². The summed E-state index contributed by atoms with van der Waals surface area (Å²) < 4.78 is 11.0. The van der Waals surface area contributed by atoms with E-state index in [0.717, 1.165) is 5.56 Å². The first-order valence-corrected chi connectivity index (χ1v) is 11.5. The molecule has 0 radical (unpaired) electrons. The van der Waals surface area contributed by atoms with Crippen LogP contribution in [0.1, 0.15) is 15.2 Å². The second-order valence-corrected chi connectivity index (χ2v) is 9.63. The molecule has 30 heavy (non-hydrogen) atoms. The minimum absolute atomic E-state index is 0.0676. The molecular formula is C18H17Cl2N3O5S2. The summed E-state index contributed by atoms with van der Waals surface area (Å²) in [6.07, 6.45) is -1.02. The molecule has 160 valence electrons. The van der Waals surface area contributed by atoms with Crippen LogP contribution in [-0.2, 0) is 20.8 Å². The molecule has 1 N–H and O–H groups in total. The molecule has 2 aliphatic rings. The van der Waals surface area contributed by atoms with Crippen LogP contribution in [0.15, 0.2) is 17.5 Å². The molecule has 4 heterocycles. The maximum atomic E-state index is 12.3. The molecule has 0 aliphatic carbocycles. The van der Waals surface area contributed by atoms with Gasteiger partial charge in [-0.05, 0) is 17.5 Å². The normalized spacial score (nSPS) is 19.3. The van der Waals surface area contributed by atoms with E-state index in [0.29, 0.717) is 38.9 Å². The van der Waals surface area contributed by atoms with Crippen LogP contribution in [0.4, 0.5) is 9.80 Å². The maximum absolute atomic E-state index is 12.3. The van der Waals surface area contributed by atoms with Gasteiger partial charge in [-0.3, -0.25) is 14.5 Å². The van der Waals surface area contributed by atoms with Crippen LogP contribution < -0.4 is 10.2 Å². The Morgan fingerprint density at radius 2 is 2.13 bits per heavy atom. The molecule has 0 bridgehead atoms. The lowest BCUT2D eigenvalue weighted by Crippen LogP contribution is -2.40. The molecule has 0 saturated carbocycles. The standard InChI is InChI=1S/C18H17Cl2N3O5S2/c19-13-2-1-12(30-13)16(25)21-5-11-7-23(18(26)28-11)17-15(20)10(9-29-17)6-22-3-4-27-8-14(22)24/h1-2,9,11H,3-8H2,(H,21,25)/t11-/m0/s1. The first kappa shape index (κ1) is 21.4. The van der Waals surface area contributed by atoms with Crippen molar-refractivity contribution in [2.45, 2.75) is 12.6 Å². The molecule has 2 aromatic heterocycles. The molecule has 2 saturated heterocycles. The lowest BCUT2D eigenvalue weighted by atomic mass is 10.2. The summed E-state index contributed by atoms with van der Waals surface area (Å²) in [5.41, 5.74) is 0.769. The van der Waals surface area contributed by atoms with Crippen molar-refractivity contribution in [2.24, 2.45) is 0 Å². The largest absolute Gasteiger partial charge is 0.442 e. The van der Waals surface area contributed by atoms with Gasteiger partial charge < -0.3 is 19.7 Å². The minimum Gasteiger partial charge on any atom is -0.442 e. The summed E-state index contributed by atoms with van der Waals surface area (Å²) in [5.74, 6) is -0.360. The number of carbonyl (C=O) groups excluding carboxylic acids is 3. The lowest BCUT2D eigenvalue weighted by molar-refractivity contribution is -0.143. The Bertz CT molecular complexity index is 979. The molecule has 1 atom stereocenters. The van der Waals surface area contributed by atoms with Gasteiger partial charge >= 0.3 is 6.09 Å². The van der Waals surface area contributed by atoms with Gasteiger partial charge in [0.15, 0.2) is 0 Å². The molecule has 3 amide bonds. The van der Waals surface area contributed by atoms with Crippen molar-refractivity contribution in [3.05, 3.63) is 37.3 Å². The van der Waals surface area contributed by atoms with Crippen LogP contribution in [0.5, 0.6) is 0 Å². The van der Waals surface area contributed by atoms with Crippen LogP contribution >= 0.6 is 45.9 Å². The van der Waals surface area contributed by atoms with Crippen molar-refractivity contribution in [2.75, 3.05) is 37.7 Å². The molecule has 4 rings (SSSR count). The Morgan fingerprint density at radius 1 is 1.30 bits per heavy atom. The van der Waals surface area contributed by atoms with Crippen LogP contribution in [0, 0.1) is 0 Å². The number of hydrogen-bond acceptors (Lipinski definition) is 7. The topological polar surface area (TPSA) is 88.2 Å². The second-order valence-electron chi connectivity index (χ2n) is 6.68. The van der Waals surface area contributed by atoms with E-state index < -0.39 is 12.2 Å². The van der Waals surface area contributed by atoms with E-state index in [4.69, 9.17) is 32.7 Å². The van der Waals surface area contributed by atoms with Crippen molar-refractivity contribution in [3.8, 4) is 0 Å². The van der Waals surface area contributed by atoms with Crippen molar-refractivity contribution in [1.29, 1.82) is 0 Å². The molecule has 8 nitrogen and oxygen atoms in total. The zero-order chi connectivity index (χ0) is 21.3. The highest BCUT2D eigenvalue weighted by Gasteiger charge is 2.35. The van der Waals surface area contributed by atoms with Crippen molar-refractivity contribution >= 4 is 68.8 Å². The third-order valence-corrected chi connectivity index (χ3v) is 7.45. The van der Waals surface area contributed by atoms with Gasteiger partial charge in [0.1, 0.15) is 17.7 Å². The van der Waals surface area contributed by atoms with Gasteiger partial charge in [0.05, 0.1) is 33.9 Å². The highest BCUT2D eigenvalue weighted by atomic mass is 35.5. The summed E-state index contributed by atoms with van der Waals surface area (Å²) >= 11 is 14.8. The summed E-state index contributed by atoms with van der Waals surface area (Å²) in [4.78, 5) is 40.1. The first-order chi connectivity index (χ1) is 14.4. The number of carbonyl (C=O) groups is 3. The number of anilines is 1. The third-order valence-electron chi connectivity index (χ3n) is 4.63. The summed E-state index contributed by atoms with van der Waals surface area (Å²) in [7, 11) is 0. The average molecular weight is 490 g/mol. The SMILES string of the molecule is O=C(NC[C@H]1CN(c2scc(CN3CCOCC3=O)c2Cl)C(=O)O1)c1ccc(Cl)s1. The molecule has 0 unspecified atom stereocenters. The molecule has 0 aromatic carbocycles. The minimum atomic E-state index is -0.522. The Kier molecular flexibility index (Phi) is 6.49. The summed E-state index contributed by atoms with van der Waals surface area (Å²) in [5, 5.41) is 5.58. The van der Waals surface area contributed by atoms with Gasteiger partial charge in [-0.2, -0.15) is 0 Å². The van der Waals surface area contributed by atoms with E-state index in [1.807, 2.05) is 5.38 Å². The maximum Gasteiger partial charge on any atom is 0.415 e. The molecule has 12 heteroatoms. The van der Waals surface area contributed by atoms with Crippen LogP contribution in [0.3, 0.4) is 0 Å². The fourth-order valence-electron chi connectivity index (χ4n) is 3.10. The predicted molar refractivity (Wildman–Crippen MR) is 115 cm³/mol. The summed E-state index contributed by atoms with van der Waals surface area (Å²) in [6, 6.07) is 3.29. The number of morpholine rings is 1. The van der Waals surface area contributed by atoms with Gasteiger partial charge in [0.25, 0.3) is 5.91 Å². The van der Waals surface area contributed by atoms with Crippen molar-refractivity contribution in [3.63, 3.8) is 0 Å². The number of cyclic esters (lactones) is 1. The van der Waals surface area contributed by atoms with Gasteiger partial charge in [0.2, 0.25) is 5.91 Å².